The van der Waals surface area contributed by atoms with Crippen LogP contribution in [-0.2, 0) is 16.6 Å². The van der Waals surface area contributed by atoms with E-state index in [0.29, 0.717) is 4.75 Å². The van der Waals surface area contributed by atoms with Crippen LogP contribution in [0.2, 0.25) is 0 Å². The van der Waals surface area contributed by atoms with Gasteiger partial charge in [0.2, 0.25) is 0 Å². The summed E-state index contributed by atoms with van der Waals surface area (Å²) < 4.78 is 27.2. The number of halogens is 2. The standard InChI is InChI=1S/C30H38F2N2S/c1-21-19-30(20-21,35-4)25-10-7-23(8-11-25)6-5-15-34-16-13-29(14-17-34)22(2)33(3)27-12-9-24(28(31)32)18-26(27)29/h7-12,18,21,28H,2,5-6,13-17,19-20H2,1,3-4H3. The molecule has 2 aliphatic heterocycles. The van der Waals surface area contributed by atoms with E-state index in [-0.39, 0.29) is 11.0 Å². The first-order chi connectivity index (χ1) is 16.8. The van der Waals surface area contributed by atoms with Crippen LogP contribution in [-0.4, -0.2) is 37.8 Å². The Morgan fingerprint density at radius 2 is 1.77 bits per heavy atom. The smallest absolute Gasteiger partial charge is 0.263 e. The Kier molecular flexibility index (Phi) is 6.78. The molecule has 2 aromatic rings. The van der Waals surface area contributed by atoms with Gasteiger partial charge in [0.25, 0.3) is 6.43 Å². The van der Waals surface area contributed by atoms with Gasteiger partial charge in [-0.25, -0.2) is 8.78 Å². The van der Waals surface area contributed by atoms with E-state index in [4.69, 9.17) is 0 Å². The zero-order valence-corrected chi connectivity index (χ0v) is 22.1. The number of hydrogen-bond acceptors (Lipinski definition) is 3. The highest BCUT2D eigenvalue weighted by Crippen LogP contribution is 2.54. The fourth-order valence-corrected chi connectivity index (χ4v) is 8.05. The molecule has 2 heterocycles. The molecule has 0 N–H and O–H groups in total. The van der Waals surface area contributed by atoms with Crippen molar-refractivity contribution in [3.05, 3.63) is 77.0 Å². The number of hydrogen-bond donors (Lipinski definition) is 0. The molecule has 0 aromatic heterocycles. The van der Waals surface area contributed by atoms with E-state index in [0.717, 1.165) is 68.2 Å². The fourth-order valence-electron chi connectivity index (χ4n) is 6.77. The Hall–Kier alpha value is -1.85. The molecular weight excluding hydrogens is 458 g/mol. The second-order valence-electron chi connectivity index (χ2n) is 11.0. The van der Waals surface area contributed by atoms with Crippen molar-refractivity contribution in [3.8, 4) is 0 Å². The van der Waals surface area contributed by atoms with E-state index < -0.39 is 6.43 Å². The highest BCUT2D eigenvalue weighted by molar-refractivity contribution is 7.99. The third-order valence-corrected chi connectivity index (χ3v) is 10.3. The average Bonchev–Trinajstić information content (AvgIpc) is 3.05. The second-order valence-corrected chi connectivity index (χ2v) is 12.2. The van der Waals surface area contributed by atoms with Crippen LogP contribution in [0, 0.1) is 5.92 Å². The number of anilines is 1. The molecule has 1 saturated carbocycles. The maximum Gasteiger partial charge on any atom is 0.263 e. The number of piperidine rings is 1. The largest absolute Gasteiger partial charge is 0.348 e. The highest BCUT2D eigenvalue weighted by Gasteiger charge is 2.47. The molecule has 3 aliphatic rings. The molecular formula is C30H38F2N2S. The monoisotopic (exact) mass is 496 g/mol. The summed E-state index contributed by atoms with van der Waals surface area (Å²) in [6, 6.07) is 14.5. The summed E-state index contributed by atoms with van der Waals surface area (Å²) in [6.07, 6.45) is 6.52. The van der Waals surface area contributed by atoms with Gasteiger partial charge in [-0.2, -0.15) is 11.8 Å². The van der Waals surface area contributed by atoms with Crippen LogP contribution in [0.25, 0.3) is 0 Å². The molecule has 2 fully saturated rings. The van der Waals surface area contributed by atoms with Gasteiger partial charge in [0.15, 0.2) is 0 Å². The van der Waals surface area contributed by atoms with E-state index >= 15 is 0 Å². The molecule has 1 aliphatic carbocycles. The summed E-state index contributed by atoms with van der Waals surface area (Å²) in [5.74, 6) is 0.840. The molecule has 35 heavy (non-hydrogen) atoms. The molecule has 2 aromatic carbocycles. The molecule has 0 radical (unpaired) electrons. The quantitative estimate of drug-likeness (QED) is 0.391. The number of rotatable bonds is 7. The predicted molar refractivity (Wildman–Crippen MR) is 145 cm³/mol. The van der Waals surface area contributed by atoms with Crippen molar-refractivity contribution in [1.82, 2.24) is 4.90 Å². The lowest BCUT2D eigenvalue weighted by Crippen LogP contribution is -2.43. The van der Waals surface area contributed by atoms with Crippen LogP contribution in [0.4, 0.5) is 14.5 Å². The van der Waals surface area contributed by atoms with E-state index in [1.165, 1.54) is 24.0 Å². The summed E-state index contributed by atoms with van der Waals surface area (Å²) in [5.41, 5.74) is 5.98. The average molecular weight is 497 g/mol. The molecule has 0 bridgehead atoms. The Bertz CT molecular complexity index is 1070. The van der Waals surface area contributed by atoms with E-state index in [9.17, 15) is 8.78 Å². The van der Waals surface area contributed by atoms with Gasteiger partial charge in [0, 0.05) is 34.2 Å². The number of aryl methyl sites for hydroxylation is 1. The van der Waals surface area contributed by atoms with Crippen molar-refractivity contribution in [2.45, 2.75) is 62.0 Å². The maximum absolute atomic E-state index is 13.4. The van der Waals surface area contributed by atoms with Crippen LogP contribution in [0.3, 0.4) is 0 Å². The highest BCUT2D eigenvalue weighted by atomic mass is 32.2. The summed E-state index contributed by atoms with van der Waals surface area (Å²) >= 11 is 2.01. The molecule has 2 nitrogen and oxygen atoms in total. The zero-order chi connectivity index (χ0) is 24.8. The van der Waals surface area contributed by atoms with Crippen LogP contribution >= 0.6 is 11.8 Å². The van der Waals surface area contributed by atoms with Gasteiger partial charge >= 0.3 is 0 Å². The molecule has 188 valence electrons. The Morgan fingerprint density at radius 3 is 2.37 bits per heavy atom. The Labute approximate surface area is 213 Å². The van der Waals surface area contributed by atoms with Crippen LogP contribution in [0.1, 0.15) is 67.7 Å². The molecule has 1 saturated heterocycles. The van der Waals surface area contributed by atoms with E-state index in [1.807, 2.05) is 24.9 Å². The minimum Gasteiger partial charge on any atom is -0.348 e. The Morgan fingerprint density at radius 1 is 1.09 bits per heavy atom. The van der Waals surface area contributed by atoms with Crippen molar-refractivity contribution in [3.63, 3.8) is 0 Å². The minimum atomic E-state index is -2.44. The summed E-state index contributed by atoms with van der Waals surface area (Å²) in [7, 11) is 2.02. The SMILES string of the molecule is C=C1N(C)c2ccc(C(F)F)cc2C12CCN(CCCc1ccc(C3(SC)CC(C)C3)cc1)CC2. The number of allylic oxidation sites excluding steroid dienone is 1. The third kappa shape index (κ3) is 4.33. The molecule has 0 unspecified atom stereocenters. The normalized spacial score (nSPS) is 25.8. The van der Waals surface area contributed by atoms with Crippen molar-refractivity contribution >= 4 is 17.4 Å². The number of likely N-dealkylation sites (N-methyl/N-ethyl adjacent to an activating group) is 1. The fraction of sp³-hybridized carbons (Fsp3) is 0.533. The van der Waals surface area contributed by atoms with E-state index in [2.05, 4.69) is 53.8 Å². The lowest BCUT2D eigenvalue weighted by molar-refractivity contribution is 0.150. The zero-order valence-electron chi connectivity index (χ0n) is 21.3. The van der Waals surface area contributed by atoms with Gasteiger partial charge < -0.3 is 9.80 Å². The van der Waals surface area contributed by atoms with Crippen molar-refractivity contribution in [2.24, 2.45) is 5.92 Å². The first-order valence-corrected chi connectivity index (χ1v) is 14.2. The van der Waals surface area contributed by atoms with Crippen LogP contribution in [0.15, 0.2) is 54.7 Å². The van der Waals surface area contributed by atoms with Gasteiger partial charge in [-0.1, -0.05) is 43.8 Å². The van der Waals surface area contributed by atoms with Gasteiger partial charge in [-0.05, 0) is 99.2 Å². The van der Waals surface area contributed by atoms with Gasteiger partial charge in [-0.3, -0.25) is 0 Å². The van der Waals surface area contributed by atoms with Crippen molar-refractivity contribution in [2.75, 3.05) is 37.8 Å². The van der Waals surface area contributed by atoms with Crippen molar-refractivity contribution < 1.29 is 8.78 Å². The number of nitrogens with zero attached hydrogens (tertiary/aromatic N) is 2. The van der Waals surface area contributed by atoms with E-state index in [1.54, 1.807) is 12.1 Å². The Balaban J connectivity index is 1.17. The molecule has 5 rings (SSSR count). The topological polar surface area (TPSA) is 6.48 Å². The minimum absolute atomic E-state index is 0.120. The second kappa shape index (κ2) is 9.55. The first-order valence-electron chi connectivity index (χ1n) is 13.0. The number of benzene rings is 2. The number of alkyl halides is 2. The van der Waals surface area contributed by atoms with Gasteiger partial charge in [0.1, 0.15) is 0 Å². The summed E-state index contributed by atoms with van der Waals surface area (Å²) in [4.78, 5) is 4.65. The lowest BCUT2D eigenvalue weighted by atomic mass is 9.71. The number of thioether (sulfide) groups is 1. The molecule has 1 spiro atoms. The summed E-state index contributed by atoms with van der Waals surface area (Å²) in [6.45, 7) is 9.79. The maximum atomic E-state index is 13.4. The molecule has 0 amide bonds. The molecule has 0 atom stereocenters. The van der Waals surface area contributed by atoms with Gasteiger partial charge in [0.05, 0.1) is 0 Å². The molecule has 5 heteroatoms. The van der Waals surface area contributed by atoms with Crippen LogP contribution in [0.5, 0.6) is 0 Å². The first kappa shape index (κ1) is 24.8. The van der Waals surface area contributed by atoms with Crippen LogP contribution < -0.4 is 4.90 Å². The van der Waals surface area contributed by atoms with Gasteiger partial charge in [-0.15, -0.1) is 0 Å². The third-order valence-electron chi connectivity index (χ3n) is 8.98. The van der Waals surface area contributed by atoms with Crippen molar-refractivity contribution in [1.29, 1.82) is 0 Å². The number of likely N-dealkylation sites (tertiary alicyclic amines) is 1. The number of fused-ring (bicyclic) bond motifs is 2. The predicted octanol–water partition coefficient (Wildman–Crippen LogP) is 7.54. The summed E-state index contributed by atoms with van der Waals surface area (Å²) in [5, 5.41) is 0. The lowest BCUT2D eigenvalue weighted by Gasteiger charge is -2.46.